The number of amides is 1. The van der Waals surface area contributed by atoms with Gasteiger partial charge in [0.2, 0.25) is 5.91 Å². The van der Waals surface area contributed by atoms with Gasteiger partial charge in [0.15, 0.2) is 5.96 Å². The normalized spacial score (nSPS) is 20.8. The highest BCUT2D eigenvalue weighted by molar-refractivity contribution is 6.30. The van der Waals surface area contributed by atoms with Gasteiger partial charge in [0.1, 0.15) is 5.75 Å². The van der Waals surface area contributed by atoms with Crippen LogP contribution in [0.2, 0.25) is 5.02 Å². The molecule has 27 heavy (non-hydrogen) atoms. The highest BCUT2D eigenvalue weighted by atomic mass is 35.5. The molecule has 1 atom stereocenters. The minimum atomic E-state index is 0.230. The predicted octanol–water partition coefficient (Wildman–Crippen LogP) is 2.80. The highest BCUT2D eigenvalue weighted by Gasteiger charge is 2.32. The van der Waals surface area contributed by atoms with Gasteiger partial charge in [0, 0.05) is 49.2 Å². The van der Waals surface area contributed by atoms with E-state index in [2.05, 4.69) is 15.6 Å². The Morgan fingerprint density at radius 2 is 2.11 bits per heavy atom. The van der Waals surface area contributed by atoms with Crippen molar-refractivity contribution >= 4 is 23.5 Å². The van der Waals surface area contributed by atoms with Crippen molar-refractivity contribution in [2.45, 2.75) is 44.7 Å². The summed E-state index contributed by atoms with van der Waals surface area (Å²) >= 11 is 6.02. The quantitative estimate of drug-likeness (QED) is 0.597. The van der Waals surface area contributed by atoms with Crippen molar-refractivity contribution in [2.24, 2.45) is 10.9 Å². The van der Waals surface area contributed by atoms with Gasteiger partial charge in [-0.15, -0.1) is 0 Å². The van der Waals surface area contributed by atoms with Gasteiger partial charge in [0.25, 0.3) is 0 Å². The van der Waals surface area contributed by atoms with Crippen LogP contribution in [0.3, 0.4) is 0 Å². The molecule has 6 nitrogen and oxygen atoms in total. The molecule has 1 heterocycles. The first kappa shape index (κ1) is 19.8. The minimum absolute atomic E-state index is 0.230. The fourth-order valence-corrected chi connectivity index (χ4v) is 4.10. The average molecular weight is 393 g/mol. The van der Waals surface area contributed by atoms with Crippen LogP contribution in [0.4, 0.5) is 0 Å². The lowest BCUT2D eigenvalue weighted by Crippen LogP contribution is -2.45. The third kappa shape index (κ3) is 5.06. The summed E-state index contributed by atoms with van der Waals surface area (Å²) in [5.74, 6) is 2.07. The van der Waals surface area contributed by atoms with Crippen molar-refractivity contribution < 1.29 is 9.53 Å². The molecule has 2 N–H and O–H groups in total. The second-order valence-electron chi connectivity index (χ2n) is 7.28. The topological polar surface area (TPSA) is 66.0 Å². The van der Waals surface area contributed by atoms with Crippen LogP contribution in [0.1, 0.15) is 37.7 Å². The standard InChI is InChI=1S/C20H29ClN4O2/c1-22-20(23-12-15-7-8-16(21)11-18(15)27-2)24-17-9-10-25(13-17)19(26)14-5-3-4-6-14/h7-8,11,14,17H,3-6,9-10,12-13H2,1-2H3,(H2,22,23,24). The Bertz CT molecular complexity index is 689. The lowest BCUT2D eigenvalue weighted by molar-refractivity contribution is -0.134. The van der Waals surface area contributed by atoms with E-state index in [0.717, 1.165) is 49.6 Å². The molecule has 1 aromatic rings. The Labute approximate surface area is 166 Å². The lowest BCUT2D eigenvalue weighted by Gasteiger charge is -2.21. The summed E-state index contributed by atoms with van der Waals surface area (Å²) < 4.78 is 5.39. The summed E-state index contributed by atoms with van der Waals surface area (Å²) in [4.78, 5) is 18.9. The molecule has 2 fully saturated rings. The zero-order valence-corrected chi connectivity index (χ0v) is 16.9. The van der Waals surface area contributed by atoms with Gasteiger partial charge in [-0.2, -0.15) is 0 Å². The van der Waals surface area contributed by atoms with Gasteiger partial charge in [-0.05, 0) is 31.4 Å². The molecule has 2 aliphatic rings. The van der Waals surface area contributed by atoms with Crippen LogP contribution >= 0.6 is 11.6 Å². The number of hydrogen-bond donors (Lipinski definition) is 2. The van der Waals surface area contributed by atoms with Crippen molar-refractivity contribution in [3.05, 3.63) is 28.8 Å². The molecule has 7 heteroatoms. The van der Waals surface area contributed by atoms with Gasteiger partial charge in [-0.1, -0.05) is 30.5 Å². The number of guanidine groups is 1. The summed E-state index contributed by atoms with van der Waals surface area (Å²) in [6.07, 6.45) is 5.44. The molecule has 3 rings (SSSR count). The van der Waals surface area contributed by atoms with Crippen LogP contribution in [0.15, 0.2) is 23.2 Å². The van der Waals surface area contributed by atoms with E-state index in [-0.39, 0.29) is 12.0 Å². The van der Waals surface area contributed by atoms with E-state index in [0.29, 0.717) is 17.5 Å². The van der Waals surface area contributed by atoms with Crippen molar-refractivity contribution in [2.75, 3.05) is 27.2 Å². The molecule has 1 aliphatic heterocycles. The van der Waals surface area contributed by atoms with E-state index in [4.69, 9.17) is 16.3 Å². The van der Waals surface area contributed by atoms with E-state index >= 15 is 0 Å². The number of hydrogen-bond acceptors (Lipinski definition) is 3. The Kier molecular flexibility index (Phi) is 6.83. The Morgan fingerprint density at radius 3 is 2.81 bits per heavy atom. The molecule has 0 spiro atoms. The summed E-state index contributed by atoms with van der Waals surface area (Å²) in [5.41, 5.74) is 1.01. The number of ether oxygens (including phenoxy) is 1. The van der Waals surface area contributed by atoms with Gasteiger partial charge in [0.05, 0.1) is 7.11 Å². The van der Waals surface area contributed by atoms with Crippen LogP contribution in [0, 0.1) is 5.92 Å². The van der Waals surface area contributed by atoms with E-state index in [9.17, 15) is 4.79 Å². The molecule has 1 aromatic carbocycles. The molecule has 0 radical (unpaired) electrons. The van der Waals surface area contributed by atoms with Crippen LogP contribution in [0.5, 0.6) is 5.75 Å². The molecule has 0 aromatic heterocycles. The van der Waals surface area contributed by atoms with Gasteiger partial charge in [-0.25, -0.2) is 0 Å². The predicted molar refractivity (Wildman–Crippen MR) is 108 cm³/mol. The average Bonchev–Trinajstić information content (AvgIpc) is 3.37. The number of methoxy groups -OCH3 is 1. The first-order valence-corrected chi connectivity index (χ1v) is 10.1. The van der Waals surface area contributed by atoms with Gasteiger partial charge < -0.3 is 20.3 Å². The molecular formula is C20H29ClN4O2. The molecule has 148 valence electrons. The molecular weight excluding hydrogens is 364 g/mol. The number of carbonyl (C=O) groups is 1. The fraction of sp³-hybridized carbons (Fsp3) is 0.600. The van der Waals surface area contributed by atoms with Crippen molar-refractivity contribution in [3.8, 4) is 5.75 Å². The fourth-order valence-electron chi connectivity index (χ4n) is 3.94. The second kappa shape index (κ2) is 9.31. The molecule has 1 aliphatic carbocycles. The smallest absolute Gasteiger partial charge is 0.225 e. The molecule has 1 saturated heterocycles. The number of likely N-dealkylation sites (tertiary alicyclic amines) is 1. The van der Waals surface area contributed by atoms with E-state index in [1.807, 2.05) is 17.0 Å². The molecule has 1 unspecified atom stereocenters. The van der Waals surface area contributed by atoms with E-state index < -0.39 is 0 Å². The number of rotatable bonds is 5. The summed E-state index contributed by atoms with van der Waals surface area (Å²) in [6, 6.07) is 5.83. The lowest BCUT2D eigenvalue weighted by atomic mass is 10.1. The van der Waals surface area contributed by atoms with E-state index in [1.165, 1.54) is 12.8 Å². The Balaban J connectivity index is 1.50. The second-order valence-corrected chi connectivity index (χ2v) is 7.71. The SMILES string of the molecule is CN=C(NCc1ccc(Cl)cc1OC)NC1CCN(C(=O)C2CCCC2)C1. The molecule has 1 saturated carbocycles. The van der Waals surface area contributed by atoms with Gasteiger partial charge >= 0.3 is 0 Å². The number of nitrogens with zero attached hydrogens (tertiary/aromatic N) is 2. The monoisotopic (exact) mass is 392 g/mol. The third-order valence-corrected chi connectivity index (χ3v) is 5.70. The van der Waals surface area contributed by atoms with Crippen LogP contribution in [0.25, 0.3) is 0 Å². The molecule has 1 amide bonds. The molecule has 0 bridgehead atoms. The number of nitrogens with one attached hydrogen (secondary N) is 2. The van der Waals surface area contributed by atoms with Crippen molar-refractivity contribution in [1.82, 2.24) is 15.5 Å². The zero-order valence-electron chi connectivity index (χ0n) is 16.1. The van der Waals surface area contributed by atoms with Crippen LogP contribution in [-0.2, 0) is 11.3 Å². The third-order valence-electron chi connectivity index (χ3n) is 5.46. The highest BCUT2D eigenvalue weighted by Crippen LogP contribution is 2.28. The summed E-state index contributed by atoms with van der Waals surface area (Å²) in [7, 11) is 3.39. The zero-order chi connectivity index (χ0) is 19.2. The summed E-state index contributed by atoms with van der Waals surface area (Å²) in [6.45, 7) is 2.16. The van der Waals surface area contributed by atoms with Crippen molar-refractivity contribution in [3.63, 3.8) is 0 Å². The van der Waals surface area contributed by atoms with E-state index in [1.54, 1.807) is 20.2 Å². The van der Waals surface area contributed by atoms with Crippen molar-refractivity contribution in [1.29, 1.82) is 0 Å². The maximum absolute atomic E-state index is 12.6. The Hall–Kier alpha value is -1.95. The maximum atomic E-state index is 12.6. The first-order chi connectivity index (χ1) is 13.1. The Morgan fingerprint density at radius 1 is 1.33 bits per heavy atom. The number of benzene rings is 1. The maximum Gasteiger partial charge on any atom is 0.225 e. The number of halogens is 1. The first-order valence-electron chi connectivity index (χ1n) is 9.69. The van der Waals surface area contributed by atoms with Crippen LogP contribution in [-0.4, -0.2) is 50.1 Å². The van der Waals surface area contributed by atoms with Gasteiger partial charge in [-0.3, -0.25) is 9.79 Å². The minimum Gasteiger partial charge on any atom is -0.496 e. The number of carbonyl (C=O) groups excluding carboxylic acids is 1. The largest absolute Gasteiger partial charge is 0.496 e. The van der Waals surface area contributed by atoms with Crippen LogP contribution < -0.4 is 15.4 Å². The summed E-state index contributed by atoms with van der Waals surface area (Å²) in [5, 5.41) is 7.41. The number of aliphatic imine (C=N–C) groups is 1.